The molecule has 2 nitrogen and oxygen atoms in total. The molecule has 0 aromatic heterocycles. The van der Waals surface area contributed by atoms with Crippen LogP contribution in [0.25, 0.3) is 0 Å². The maximum Gasteiger partial charge on any atom is 0.250 e. The Morgan fingerprint density at radius 3 is 1.95 bits per heavy atom. The second kappa shape index (κ2) is 5.53. The van der Waals surface area contributed by atoms with Gasteiger partial charge in [-0.1, -0.05) is 54.3 Å². The van der Waals surface area contributed by atoms with Crippen molar-refractivity contribution >= 4 is 16.4 Å². The molecule has 1 rings (SSSR count). The number of rotatable bonds is 4. The maximum atomic E-state index is 11.3. The Kier molecular flexibility index (Phi) is 5.00. The van der Waals surface area contributed by atoms with Gasteiger partial charge in [0.1, 0.15) is 0 Å². The van der Waals surface area contributed by atoms with Gasteiger partial charge in [0.25, 0.3) is 0 Å². The van der Waals surface area contributed by atoms with Crippen LogP contribution in [0, 0.1) is 5.92 Å². The first-order valence-electron chi connectivity index (χ1n) is 8.23. The molecule has 1 aliphatic carbocycles. The monoisotopic (exact) mass is 328 g/mol. The largest absolute Gasteiger partial charge is 0.547 e. The summed E-state index contributed by atoms with van der Waals surface area (Å²) in [6.07, 6.45) is 2.96. The second-order valence-corrected chi connectivity index (χ2v) is 19.7. The number of hydrogen-bond donors (Lipinski definition) is 1. The summed E-state index contributed by atoms with van der Waals surface area (Å²) < 4.78 is 6.50. The lowest BCUT2D eigenvalue weighted by Crippen LogP contribution is -2.46. The van der Waals surface area contributed by atoms with Gasteiger partial charge in [0.05, 0.1) is 19.4 Å². The van der Waals surface area contributed by atoms with Crippen LogP contribution in [0.1, 0.15) is 41.0 Å². The summed E-state index contributed by atoms with van der Waals surface area (Å²) in [5, 5.41) is 11.4. The maximum absolute atomic E-state index is 11.3. The molecule has 4 heteroatoms. The van der Waals surface area contributed by atoms with Crippen molar-refractivity contribution in [3.05, 3.63) is 11.8 Å². The molecule has 1 aliphatic rings. The van der Waals surface area contributed by atoms with E-state index in [-0.39, 0.29) is 16.5 Å². The number of hydrogen-bond acceptors (Lipinski definition) is 2. The van der Waals surface area contributed by atoms with Crippen LogP contribution in [0.15, 0.2) is 11.8 Å². The zero-order chi connectivity index (χ0) is 16.9. The van der Waals surface area contributed by atoms with Gasteiger partial charge in [-0.3, -0.25) is 0 Å². The number of aliphatic hydroxyl groups is 1. The van der Waals surface area contributed by atoms with E-state index in [0.29, 0.717) is 6.42 Å². The average Bonchev–Trinajstić information content (AvgIpc) is 2.53. The van der Waals surface area contributed by atoms with Crippen molar-refractivity contribution < 1.29 is 9.53 Å². The molecule has 0 fully saturated rings. The summed E-state index contributed by atoms with van der Waals surface area (Å²) in [4.78, 5) is 0. The summed E-state index contributed by atoms with van der Waals surface area (Å²) in [7, 11) is -3.30. The molecule has 1 N–H and O–H groups in total. The van der Waals surface area contributed by atoms with Crippen molar-refractivity contribution in [3.63, 3.8) is 0 Å². The fourth-order valence-corrected chi connectivity index (χ4v) is 6.62. The van der Waals surface area contributed by atoms with Crippen molar-refractivity contribution in [3.8, 4) is 0 Å². The van der Waals surface area contributed by atoms with Gasteiger partial charge in [-0.15, -0.1) is 0 Å². The van der Waals surface area contributed by atoms with Crippen LogP contribution in [-0.4, -0.2) is 27.1 Å². The summed E-state index contributed by atoms with van der Waals surface area (Å²) in [5.74, 6) is 1.30. The Morgan fingerprint density at radius 2 is 1.67 bits per heavy atom. The van der Waals surface area contributed by atoms with Crippen LogP contribution < -0.4 is 0 Å². The van der Waals surface area contributed by atoms with E-state index in [9.17, 15) is 5.11 Å². The van der Waals surface area contributed by atoms with Gasteiger partial charge < -0.3 is 9.53 Å². The van der Waals surface area contributed by atoms with Crippen molar-refractivity contribution in [1.29, 1.82) is 0 Å². The van der Waals surface area contributed by atoms with E-state index in [1.807, 2.05) is 0 Å². The zero-order valence-corrected chi connectivity index (χ0v) is 17.8. The Morgan fingerprint density at radius 1 is 1.19 bits per heavy atom. The third-order valence-corrected chi connectivity index (χ3v) is 12.4. The van der Waals surface area contributed by atoms with Crippen LogP contribution in [0.2, 0.25) is 43.3 Å². The van der Waals surface area contributed by atoms with Crippen LogP contribution >= 0.6 is 0 Å². The Labute approximate surface area is 134 Å². The van der Waals surface area contributed by atoms with E-state index >= 15 is 0 Å². The lowest BCUT2D eigenvalue weighted by Gasteiger charge is -2.40. The molecule has 0 saturated carbocycles. The second-order valence-electron chi connectivity index (χ2n) is 9.66. The molecular weight excluding hydrogens is 292 g/mol. The third kappa shape index (κ3) is 3.83. The fourth-order valence-electron chi connectivity index (χ4n) is 2.89. The minimum atomic E-state index is -1.82. The van der Waals surface area contributed by atoms with Gasteiger partial charge in [0.2, 0.25) is 8.32 Å². The molecule has 0 amide bonds. The minimum absolute atomic E-state index is 0.195. The minimum Gasteiger partial charge on any atom is -0.547 e. The summed E-state index contributed by atoms with van der Waals surface area (Å²) in [6, 6.07) is 0. The predicted molar refractivity (Wildman–Crippen MR) is 97.9 cm³/mol. The Balaban J connectivity index is 3.08. The van der Waals surface area contributed by atoms with Gasteiger partial charge in [0, 0.05) is 12.0 Å². The van der Waals surface area contributed by atoms with E-state index in [1.165, 1.54) is 0 Å². The lowest BCUT2D eigenvalue weighted by molar-refractivity contribution is 0.000231. The quantitative estimate of drug-likeness (QED) is 0.701. The van der Waals surface area contributed by atoms with Crippen LogP contribution in [0.3, 0.4) is 0 Å². The molecule has 2 atom stereocenters. The highest BCUT2D eigenvalue weighted by atomic mass is 28.4. The first kappa shape index (κ1) is 19.0. The molecular formula is C17H36O2Si2. The fraction of sp³-hybridized carbons (Fsp3) is 0.882. The highest BCUT2D eigenvalue weighted by Crippen LogP contribution is 2.50. The molecule has 0 radical (unpaired) electrons. The summed E-state index contributed by atoms with van der Waals surface area (Å²) in [5.41, 5.74) is -0.341. The molecule has 0 unspecified atom stereocenters. The highest BCUT2D eigenvalue weighted by Gasteiger charge is 2.51. The SMILES string of the molecule is CC(C)[C@]1(O)CC(O[Si](C)(C)C(C)(C)C)=C[C@@H]1[Si](C)(C)C. The molecule has 0 saturated heterocycles. The molecule has 0 bridgehead atoms. The third-order valence-electron chi connectivity index (χ3n) is 5.47. The van der Waals surface area contributed by atoms with Crippen molar-refractivity contribution in [1.82, 2.24) is 0 Å². The van der Waals surface area contributed by atoms with Crippen LogP contribution in [-0.2, 0) is 4.43 Å². The first-order valence-corrected chi connectivity index (χ1v) is 14.7. The molecule has 0 heterocycles. The standard InChI is InChI=1S/C17H36O2Si2/c1-13(2)17(18)12-14(11-15(17)20(6,7)8)19-21(9,10)16(3,4)5/h11,13,15,18H,12H2,1-10H3/t15-,17+/m0/s1. The Hall–Kier alpha value is -0.0662. The van der Waals surface area contributed by atoms with Gasteiger partial charge in [-0.05, 0) is 30.1 Å². The van der Waals surface area contributed by atoms with Gasteiger partial charge in [0.15, 0.2) is 0 Å². The lowest BCUT2D eigenvalue weighted by atomic mass is 9.87. The van der Waals surface area contributed by atoms with Gasteiger partial charge in [-0.25, -0.2) is 0 Å². The molecule has 0 aliphatic heterocycles. The predicted octanol–water partition coefficient (Wildman–Crippen LogP) is 5.39. The summed E-state index contributed by atoms with van der Waals surface area (Å²) >= 11 is 0. The molecule has 0 aromatic carbocycles. The Bertz CT molecular complexity index is 413. The molecule has 0 aromatic rings. The van der Waals surface area contributed by atoms with E-state index in [0.717, 1.165) is 5.76 Å². The van der Waals surface area contributed by atoms with E-state index in [4.69, 9.17) is 4.43 Å². The highest BCUT2D eigenvalue weighted by molar-refractivity contribution is 6.78. The topological polar surface area (TPSA) is 29.5 Å². The van der Waals surface area contributed by atoms with Crippen LogP contribution in [0.5, 0.6) is 0 Å². The van der Waals surface area contributed by atoms with Gasteiger partial charge >= 0.3 is 0 Å². The smallest absolute Gasteiger partial charge is 0.250 e. The molecule has 0 spiro atoms. The normalized spacial score (nSPS) is 28.0. The summed E-state index contributed by atoms with van der Waals surface area (Å²) in [6.45, 7) is 22.7. The van der Waals surface area contributed by atoms with E-state index in [1.54, 1.807) is 0 Å². The van der Waals surface area contributed by atoms with Crippen molar-refractivity contribution in [2.45, 2.75) is 90.0 Å². The van der Waals surface area contributed by atoms with Crippen LogP contribution in [0.4, 0.5) is 0 Å². The molecule has 124 valence electrons. The average molecular weight is 329 g/mol. The van der Waals surface area contributed by atoms with E-state index < -0.39 is 22.0 Å². The first-order chi connectivity index (χ1) is 9.11. The zero-order valence-electron chi connectivity index (χ0n) is 15.8. The molecule has 21 heavy (non-hydrogen) atoms. The van der Waals surface area contributed by atoms with Crippen molar-refractivity contribution in [2.24, 2.45) is 5.92 Å². The van der Waals surface area contributed by atoms with Gasteiger partial charge in [-0.2, -0.15) is 0 Å². The van der Waals surface area contributed by atoms with E-state index in [2.05, 4.69) is 73.4 Å². The van der Waals surface area contributed by atoms with Crippen molar-refractivity contribution in [2.75, 3.05) is 0 Å².